The molecule has 3 rings (SSSR count). The van der Waals surface area contributed by atoms with Gasteiger partial charge in [0.2, 0.25) is 0 Å². The number of carbonyl (C=O) groups is 2. The first-order valence-corrected chi connectivity index (χ1v) is 7.46. The smallest absolute Gasteiger partial charge is 0.257 e. The number of anilines is 2. The molecule has 2 N–H and O–H groups in total. The molecule has 0 aliphatic carbocycles. The molecule has 0 atom stereocenters. The van der Waals surface area contributed by atoms with Gasteiger partial charge in [-0.15, -0.1) is 12.6 Å². The highest BCUT2D eigenvalue weighted by Crippen LogP contribution is 2.35. The minimum Gasteiger partial charge on any atom is -0.361 e. The Kier molecular flexibility index (Phi) is 4.30. The van der Waals surface area contributed by atoms with E-state index in [1.807, 2.05) is 42.5 Å². The Balaban J connectivity index is 1.97. The molecule has 114 valence electrons. The quantitative estimate of drug-likeness (QED) is 0.458. The first-order chi connectivity index (χ1) is 11.2. The summed E-state index contributed by atoms with van der Waals surface area (Å²) in [6, 6.07) is 13.0. The first-order valence-electron chi connectivity index (χ1n) is 7.01. The van der Waals surface area contributed by atoms with Crippen LogP contribution in [0.5, 0.6) is 0 Å². The molecule has 0 spiro atoms. The maximum atomic E-state index is 12.2. The zero-order chi connectivity index (χ0) is 16.2. The molecule has 0 radical (unpaired) electrons. The maximum Gasteiger partial charge on any atom is 0.257 e. The van der Waals surface area contributed by atoms with Crippen LogP contribution in [-0.2, 0) is 9.59 Å². The van der Waals surface area contributed by atoms with Crippen LogP contribution in [0.25, 0.3) is 11.6 Å². The van der Waals surface area contributed by atoms with Crippen LogP contribution in [0.4, 0.5) is 11.4 Å². The number of fused-ring (bicyclic) bond motifs is 1. The zero-order valence-corrected chi connectivity index (χ0v) is 13.0. The Morgan fingerprint density at radius 3 is 2.61 bits per heavy atom. The predicted molar refractivity (Wildman–Crippen MR) is 95.5 cm³/mol. The average molecular weight is 322 g/mol. The number of hydrogen-bond acceptors (Lipinski definition) is 4. The van der Waals surface area contributed by atoms with Crippen molar-refractivity contribution in [3.63, 3.8) is 0 Å². The summed E-state index contributed by atoms with van der Waals surface area (Å²) in [5.41, 5.74) is 3.72. The fraction of sp³-hybridized carbons (Fsp3) is 0. The standard InChI is InChI=1S/C18H14N2O2S/c21-10-2-4-12-3-1-5-16-17(12)15(18(22)20-16)11-19-13-6-8-14(23)9-7-13/h1-11,19,23H,(H,20,22)/b4-2+,15-11-. The van der Waals surface area contributed by atoms with Gasteiger partial charge in [-0.05, 0) is 42.0 Å². The molecule has 23 heavy (non-hydrogen) atoms. The number of hydrogen-bond donors (Lipinski definition) is 3. The second-order valence-electron chi connectivity index (χ2n) is 4.97. The van der Waals surface area contributed by atoms with Crippen molar-refractivity contribution < 1.29 is 9.59 Å². The van der Waals surface area contributed by atoms with Gasteiger partial charge in [0, 0.05) is 28.0 Å². The summed E-state index contributed by atoms with van der Waals surface area (Å²) >= 11 is 4.24. The van der Waals surface area contributed by atoms with Crippen LogP contribution in [0.3, 0.4) is 0 Å². The number of allylic oxidation sites excluding steroid dienone is 1. The summed E-state index contributed by atoms with van der Waals surface area (Å²) in [6.07, 6.45) is 5.49. The zero-order valence-electron chi connectivity index (χ0n) is 12.1. The van der Waals surface area contributed by atoms with Crippen molar-refractivity contribution in [1.29, 1.82) is 0 Å². The molecule has 1 aliphatic rings. The van der Waals surface area contributed by atoms with E-state index in [2.05, 4.69) is 23.3 Å². The second kappa shape index (κ2) is 6.54. The lowest BCUT2D eigenvalue weighted by atomic mass is 10.0. The van der Waals surface area contributed by atoms with Gasteiger partial charge in [0.05, 0.1) is 5.57 Å². The average Bonchev–Trinajstić information content (AvgIpc) is 2.88. The van der Waals surface area contributed by atoms with Gasteiger partial charge in [0.1, 0.15) is 6.29 Å². The molecule has 0 unspecified atom stereocenters. The summed E-state index contributed by atoms with van der Waals surface area (Å²) in [5.74, 6) is -0.176. The molecule has 1 amide bonds. The number of rotatable bonds is 4. The lowest BCUT2D eigenvalue weighted by Gasteiger charge is -2.05. The fourth-order valence-electron chi connectivity index (χ4n) is 2.41. The van der Waals surface area contributed by atoms with Crippen LogP contribution in [0.2, 0.25) is 0 Å². The van der Waals surface area contributed by atoms with E-state index in [4.69, 9.17) is 0 Å². The third-order valence-electron chi connectivity index (χ3n) is 3.46. The van der Waals surface area contributed by atoms with Gasteiger partial charge in [0.15, 0.2) is 0 Å². The van der Waals surface area contributed by atoms with Crippen LogP contribution in [0, 0.1) is 0 Å². The van der Waals surface area contributed by atoms with Crippen molar-refractivity contribution in [3.05, 3.63) is 65.9 Å². The van der Waals surface area contributed by atoms with E-state index >= 15 is 0 Å². The Labute approximate surface area is 139 Å². The molecule has 0 saturated carbocycles. The molecule has 0 bridgehead atoms. The normalized spacial score (nSPS) is 14.8. The molecular weight excluding hydrogens is 308 g/mol. The van der Waals surface area contributed by atoms with E-state index in [-0.39, 0.29) is 5.91 Å². The van der Waals surface area contributed by atoms with Crippen LogP contribution in [-0.4, -0.2) is 12.2 Å². The number of nitrogens with one attached hydrogen (secondary N) is 2. The summed E-state index contributed by atoms with van der Waals surface area (Å²) in [6.45, 7) is 0. The highest BCUT2D eigenvalue weighted by molar-refractivity contribution is 7.80. The third kappa shape index (κ3) is 3.19. The number of benzene rings is 2. The van der Waals surface area contributed by atoms with Crippen LogP contribution in [0.1, 0.15) is 11.1 Å². The minimum atomic E-state index is -0.176. The second-order valence-corrected chi connectivity index (χ2v) is 5.48. The maximum absolute atomic E-state index is 12.2. The highest BCUT2D eigenvalue weighted by Gasteiger charge is 2.25. The van der Waals surface area contributed by atoms with Crippen molar-refractivity contribution in [2.75, 3.05) is 10.6 Å². The Hall–Kier alpha value is -2.79. The van der Waals surface area contributed by atoms with E-state index in [0.717, 1.165) is 27.4 Å². The van der Waals surface area contributed by atoms with Crippen LogP contribution < -0.4 is 10.6 Å². The lowest BCUT2D eigenvalue weighted by Crippen LogP contribution is -2.05. The number of thiol groups is 1. The van der Waals surface area contributed by atoms with E-state index in [0.29, 0.717) is 11.9 Å². The van der Waals surface area contributed by atoms with Crippen molar-refractivity contribution in [2.45, 2.75) is 4.90 Å². The van der Waals surface area contributed by atoms with Gasteiger partial charge in [-0.2, -0.15) is 0 Å². The largest absolute Gasteiger partial charge is 0.361 e. The SMILES string of the molecule is O=C/C=C/c1cccc2c1/C(=C/Nc1ccc(S)cc1)C(=O)N2. The van der Waals surface area contributed by atoms with Crippen LogP contribution >= 0.6 is 12.6 Å². The summed E-state index contributed by atoms with van der Waals surface area (Å²) in [4.78, 5) is 23.6. The van der Waals surface area contributed by atoms with E-state index in [1.54, 1.807) is 12.3 Å². The molecule has 2 aromatic carbocycles. The minimum absolute atomic E-state index is 0.176. The third-order valence-corrected chi connectivity index (χ3v) is 3.76. The molecule has 5 heteroatoms. The van der Waals surface area contributed by atoms with Gasteiger partial charge < -0.3 is 10.6 Å². The summed E-state index contributed by atoms with van der Waals surface area (Å²) < 4.78 is 0. The van der Waals surface area contributed by atoms with Gasteiger partial charge >= 0.3 is 0 Å². The molecule has 2 aromatic rings. The van der Waals surface area contributed by atoms with E-state index in [1.165, 1.54) is 6.08 Å². The van der Waals surface area contributed by atoms with Crippen molar-refractivity contribution >= 4 is 47.8 Å². The number of carbonyl (C=O) groups excluding carboxylic acids is 2. The molecule has 0 fully saturated rings. The number of aldehydes is 1. The first kappa shape index (κ1) is 15.1. The van der Waals surface area contributed by atoms with Gasteiger partial charge in [-0.3, -0.25) is 9.59 Å². The van der Waals surface area contributed by atoms with Crippen molar-refractivity contribution in [2.24, 2.45) is 0 Å². The Morgan fingerprint density at radius 1 is 1.09 bits per heavy atom. The highest BCUT2D eigenvalue weighted by atomic mass is 32.1. The van der Waals surface area contributed by atoms with Crippen molar-refractivity contribution in [1.82, 2.24) is 0 Å². The van der Waals surface area contributed by atoms with Crippen molar-refractivity contribution in [3.8, 4) is 0 Å². The Bertz CT molecular complexity index is 823. The summed E-state index contributed by atoms with van der Waals surface area (Å²) in [5, 5.41) is 5.95. The molecule has 4 nitrogen and oxygen atoms in total. The molecular formula is C18H14N2O2S. The van der Waals surface area contributed by atoms with Gasteiger partial charge in [0.25, 0.3) is 5.91 Å². The summed E-state index contributed by atoms with van der Waals surface area (Å²) in [7, 11) is 0. The predicted octanol–water partition coefficient (Wildman–Crippen LogP) is 3.59. The molecule has 0 saturated heterocycles. The van der Waals surface area contributed by atoms with Crippen LogP contribution in [0.15, 0.2) is 59.6 Å². The van der Waals surface area contributed by atoms with E-state index in [9.17, 15) is 9.59 Å². The monoisotopic (exact) mass is 322 g/mol. The fourth-order valence-corrected chi connectivity index (χ4v) is 2.56. The molecule has 1 aliphatic heterocycles. The lowest BCUT2D eigenvalue weighted by molar-refractivity contribution is -0.110. The van der Waals surface area contributed by atoms with Gasteiger partial charge in [-0.25, -0.2) is 0 Å². The number of amides is 1. The molecule has 1 heterocycles. The Morgan fingerprint density at radius 2 is 1.87 bits per heavy atom. The molecule has 0 aromatic heterocycles. The topological polar surface area (TPSA) is 58.2 Å². The van der Waals surface area contributed by atoms with Gasteiger partial charge in [-0.1, -0.05) is 18.2 Å². The van der Waals surface area contributed by atoms with E-state index < -0.39 is 0 Å².